The van der Waals surface area contributed by atoms with E-state index in [1.165, 1.54) is 0 Å². The summed E-state index contributed by atoms with van der Waals surface area (Å²) < 4.78 is 42.3. The standard InChI is InChI=1S/C18H18F3N3O2S/c19-18(20,21)15-9-22-17(26-15)27-13-3-1-12(2-4-13)16(25)23-14-10-24-7-5-11(14)6-8-24/h1-4,9,11,14H,5-8,10H2,(H,23,25). The highest BCUT2D eigenvalue weighted by molar-refractivity contribution is 7.99. The number of hydrogen-bond donors (Lipinski definition) is 1. The van der Waals surface area contributed by atoms with Crippen LogP contribution in [0.25, 0.3) is 0 Å². The number of piperidine rings is 3. The molecule has 1 aromatic carbocycles. The number of oxazole rings is 1. The summed E-state index contributed by atoms with van der Waals surface area (Å²) in [6, 6.07) is 6.85. The van der Waals surface area contributed by atoms with Crippen molar-refractivity contribution in [2.75, 3.05) is 19.6 Å². The largest absolute Gasteiger partial charge is 0.451 e. The molecule has 5 nitrogen and oxygen atoms in total. The minimum absolute atomic E-state index is 0.0909. The number of fused-ring (bicyclic) bond motifs is 3. The average molecular weight is 397 g/mol. The van der Waals surface area contributed by atoms with Gasteiger partial charge in [-0.25, -0.2) is 4.98 Å². The molecule has 2 aromatic rings. The summed E-state index contributed by atoms with van der Waals surface area (Å²) in [6.45, 7) is 3.12. The first kappa shape index (κ1) is 18.4. The van der Waals surface area contributed by atoms with E-state index in [1.807, 2.05) is 0 Å². The lowest BCUT2D eigenvalue weighted by molar-refractivity contribution is -0.154. The zero-order valence-electron chi connectivity index (χ0n) is 14.3. The monoisotopic (exact) mass is 397 g/mol. The van der Waals surface area contributed by atoms with Crippen LogP contribution in [0.4, 0.5) is 13.2 Å². The molecular formula is C18H18F3N3O2S. The van der Waals surface area contributed by atoms with E-state index in [-0.39, 0.29) is 17.2 Å². The second-order valence-electron chi connectivity index (χ2n) is 6.83. The number of nitrogens with zero attached hydrogens (tertiary/aromatic N) is 2. The summed E-state index contributed by atoms with van der Waals surface area (Å²) in [7, 11) is 0. The number of carbonyl (C=O) groups is 1. The Morgan fingerprint density at radius 1 is 1.22 bits per heavy atom. The summed E-state index contributed by atoms with van der Waals surface area (Å²) in [5, 5.41) is 3.02. The highest BCUT2D eigenvalue weighted by Crippen LogP contribution is 2.34. The van der Waals surface area contributed by atoms with E-state index >= 15 is 0 Å². The predicted octanol–water partition coefficient (Wildman–Crippen LogP) is 3.67. The number of alkyl halides is 3. The van der Waals surface area contributed by atoms with Crippen LogP contribution < -0.4 is 5.32 Å². The fraction of sp³-hybridized carbons (Fsp3) is 0.444. The topological polar surface area (TPSA) is 58.4 Å². The van der Waals surface area contributed by atoms with Crippen LogP contribution in [0.2, 0.25) is 0 Å². The number of amides is 1. The number of hydrogen-bond acceptors (Lipinski definition) is 5. The minimum atomic E-state index is -4.55. The van der Waals surface area contributed by atoms with E-state index in [1.54, 1.807) is 24.3 Å². The van der Waals surface area contributed by atoms with Gasteiger partial charge in [0.2, 0.25) is 5.76 Å². The zero-order valence-corrected chi connectivity index (χ0v) is 15.1. The molecular weight excluding hydrogens is 379 g/mol. The molecule has 0 aliphatic carbocycles. The molecule has 4 heterocycles. The Labute approximate surface area is 158 Å². The molecule has 9 heteroatoms. The van der Waals surface area contributed by atoms with Crippen LogP contribution in [0.1, 0.15) is 29.0 Å². The average Bonchev–Trinajstić information content (AvgIpc) is 3.12. The summed E-state index contributed by atoms with van der Waals surface area (Å²) in [4.78, 5) is 19.1. The van der Waals surface area contributed by atoms with Crippen LogP contribution in [-0.2, 0) is 6.18 Å². The number of benzene rings is 1. The van der Waals surface area contributed by atoms with Gasteiger partial charge in [0.25, 0.3) is 11.1 Å². The molecule has 0 saturated carbocycles. The van der Waals surface area contributed by atoms with E-state index in [4.69, 9.17) is 4.42 Å². The van der Waals surface area contributed by atoms with Crippen molar-refractivity contribution in [2.45, 2.75) is 35.2 Å². The number of carbonyl (C=O) groups excluding carboxylic acids is 1. The van der Waals surface area contributed by atoms with Crippen LogP contribution in [0.15, 0.2) is 45.0 Å². The predicted molar refractivity (Wildman–Crippen MR) is 92.5 cm³/mol. The quantitative estimate of drug-likeness (QED) is 0.853. The van der Waals surface area contributed by atoms with Gasteiger partial charge in [0, 0.05) is 23.0 Å². The summed E-state index contributed by atoms with van der Waals surface area (Å²) in [5.41, 5.74) is 0.527. The fourth-order valence-corrected chi connectivity index (χ4v) is 4.30. The lowest BCUT2D eigenvalue weighted by Gasteiger charge is -2.44. The number of rotatable bonds is 4. The van der Waals surface area contributed by atoms with Crippen LogP contribution >= 0.6 is 11.8 Å². The molecule has 144 valence electrons. The van der Waals surface area contributed by atoms with Gasteiger partial charge in [-0.3, -0.25) is 4.79 Å². The van der Waals surface area contributed by atoms with Gasteiger partial charge in [0.15, 0.2) is 0 Å². The van der Waals surface area contributed by atoms with Crippen molar-refractivity contribution in [3.05, 3.63) is 41.8 Å². The number of aromatic nitrogens is 1. The Kier molecular flexibility index (Phi) is 4.90. The van der Waals surface area contributed by atoms with Crippen molar-refractivity contribution in [1.29, 1.82) is 0 Å². The Bertz CT molecular complexity index is 814. The highest BCUT2D eigenvalue weighted by Gasteiger charge is 2.36. The van der Waals surface area contributed by atoms with Crippen molar-refractivity contribution in [1.82, 2.24) is 15.2 Å². The fourth-order valence-electron chi connectivity index (χ4n) is 3.59. The van der Waals surface area contributed by atoms with Gasteiger partial charge in [-0.1, -0.05) is 0 Å². The first-order valence-corrected chi connectivity index (χ1v) is 9.54. The molecule has 0 spiro atoms. The Morgan fingerprint density at radius 3 is 2.48 bits per heavy atom. The van der Waals surface area contributed by atoms with Crippen LogP contribution in [-0.4, -0.2) is 41.5 Å². The van der Waals surface area contributed by atoms with Crippen molar-refractivity contribution in [3.8, 4) is 0 Å². The van der Waals surface area contributed by atoms with Crippen molar-refractivity contribution >= 4 is 17.7 Å². The summed E-state index contributed by atoms with van der Waals surface area (Å²) in [6.07, 6.45) is -1.64. The van der Waals surface area contributed by atoms with Crippen molar-refractivity contribution < 1.29 is 22.4 Å². The third kappa shape index (κ3) is 4.14. The van der Waals surface area contributed by atoms with Gasteiger partial charge in [-0.05, 0) is 67.9 Å². The summed E-state index contributed by atoms with van der Waals surface area (Å²) >= 11 is 0.974. The third-order valence-electron chi connectivity index (χ3n) is 5.06. The Morgan fingerprint density at radius 2 is 1.93 bits per heavy atom. The maximum atomic E-state index is 12.5. The molecule has 1 aromatic heterocycles. The first-order valence-electron chi connectivity index (χ1n) is 8.72. The first-order chi connectivity index (χ1) is 12.9. The van der Waals surface area contributed by atoms with Gasteiger partial charge in [-0.2, -0.15) is 13.2 Å². The third-order valence-corrected chi connectivity index (χ3v) is 5.93. The smallest absolute Gasteiger partial charge is 0.427 e. The highest BCUT2D eigenvalue weighted by atomic mass is 32.2. The van der Waals surface area contributed by atoms with Gasteiger partial charge in [0.05, 0.1) is 6.20 Å². The molecule has 1 amide bonds. The molecule has 3 aliphatic rings. The van der Waals surface area contributed by atoms with Crippen LogP contribution in [0.5, 0.6) is 0 Å². The molecule has 27 heavy (non-hydrogen) atoms. The van der Waals surface area contributed by atoms with E-state index in [9.17, 15) is 18.0 Å². The van der Waals surface area contributed by atoms with Crippen molar-refractivity contribution in [3.63, 3.8) is 0 Å². The van der Waals surface area contributed by atoms with Crippen molar-refractivity contribution in [2.24, 2.45) is 5.92 Å². The Hall–Kier alpha value is -2.00. The van der Waals surface area contributed by atoms with Gasteiger partial charge >= 0.3 is 6.18 Å². The second kappa shape index (κ2) is 7.20. The molecule has 5 rings (SSSR count). The van der Waals surface area contributed by atoms with E-state index in [0.29, 0.717) is 22.6 Å². The maximum Gasteiger partial charge on any atom is 0.451 e. The minimum Gasteiger partial charge on any atom is -0.427 e. The van der Waals surface area contributed by atoms with E-state index < -0.39 is 11.9 Å². The maximum absolute atomic E-state index is 12.5. The van der Waals surface area contributed by atoms with Crippen LogP contribution in [0, 0.1) is 5.92 Å². The van der Waals surface area contributed by atoms with Crippen LogP contribution in [0.3, 0.4) is 0 Å². The zero-order chi connectivity index (χ0) is 19.0. The number of nitrogens with one attached hydrogen (secondary N) is 1. The second-order valence-corrected chi connectivity index (χ2v) is 7.86. The molecule has 3 saturated heterocycles. The summed E-state index contributed by atoms with van der Waals surface area (Å²) in [5.74, 6) is -0.707. The molecule has 0 radical (unpaired) electrons. The molecule has 3 aliphatic heterocycles. The van der Waals surface area contributed by atoms with Gasteiger partial charge in [-0.15, -0.1) is 0 Å². The van der Waals surface area contributed by atoms with Gasteiger partial charge < -0.3 is 14.6 Å². The number of halogens is 3. The lowest BCUT2D eigenvalue weighted by Crippen LogP contribution is -2.57. The molecule has 1 atom stereocenters. The molecule has 1 N–H and O–H groups in total. The van der Waals surface area contributed by atoms with E-state index in [2.05, 4.69) is 15.2 Å². The SMILES string of the molecule is O=C(NC1CN2CCC1CC2)c1ccc(Sc2ncc(C(F)(F)F)o2)cc1. The molecule has 1 unspecified atom stereocenters. The molecule has 2 bridgehead atoms. The lowest BCUT2D eigenvalue weighted by atomic mass is 9.84. The van der Waals surface area contributed by atoms with Gasteiger partial charge in [0.1, 0.15) is 0 Å². The molecule has 3 fully saturated rings. The van der Waals surface area contributed by atoms with E-state index in [0.717, 1.165) is 44.2 Å². The normalized spacial score (nSPS) is 24.8. The Balaban J connectivity index is 1.37.